The fourth-order valence-electron chi connectivity index (χ4n) is 3.70. The number of hydrazine groups is 2. The molecule has 154 valence electrons. The summed E-state index contributed by atoms with van der Waals surface area (Å²) in [6.45, 7) is 4.95. The first-order chi connectivity index (χ1) is 14.0. The van der Waals surface area contributed by atoms with Crippen LogP contribution in [0.2, 0.25) is 10.0 Å². The summed E-state index contributed by atoms with van der Waals surface area (Å²) in [6.07, 6.45) is -0.281. The summed E-state index contributed by atoms with van der Waals surface area (Å²) in [5, 5.41) is 4.72. The number of hydrogen-bond donors (Lipinski definition) is 4. The molecule has 29 heavy (non-hydrogen) atoms. The van der Waals surface area contributed by atoms with E-state index in [4.69, 9.17) is 23.2 Å². The third-order valence-electron chi connectivity index (χ3n) is 5.32. The number of nitrogens with zero attached hydrogens (tertiary/aromatic N) is 2. The van der Waals surface area contributed by atoms with Crippen LogP contribution in [0.25, 0.3) is 0 Å². The molecular formula is C20H24Cl2N6O. The van der Waals surface area contributed by atoms with E-state index in [0.29, 0.717) is 18.1 Å². The van der Waals surface area contributed by atoms with Crippen molar-refractivity contribution in [2.75, 3.05) is 36.4 Å². The van der Waals surface area contributed by atoms with Gasteiger partial charge in [-0.2, -0.15) is 5.53 Å². The molecular weight excluding hydrogens is 411 g/mol. The Morgan fingerprint density at radius 1 is 1.00 bits per heavy atom. The second-order valence-electron chi connectivity index (χ2n) is 7.26. The van der Waals surface area contributed by atoms with Gasteiger partial charge in [-0.15, -0.1) is 0 Å². The molecule has 2 aromatic rings. The molecule has 2 aliphatic rings. The van der Waals surface area contributed by atoms with Gasteiger partial charge >= 0.3 is 0 Å². The lowest BCUT2D eigenvalue weighted by Crippen LogP contribution is -2.57. The highest BCUT2D eigenvalue weighted by Crippen LogP contribution is 2.25. The first-order valence-corrected chi connectivity index (χ1v) is 10.3. The van der Waals surface area contributed by atoms with Gasteiger partial charge in [0.2, 0.25) is 5.91 Å². The lowest BCUT2D eigenvalue weighted by Gasteiger charge is -2.38. The van der Waals surface area contributed by atoms with Crippen LogP contribution in [0.1, 0.15) is 5.56 Å². The Labute approximate surface area is 180 Å². The summed E-state index contributed by atoms with van der Waals surface area (Å²) in [5.74, 6) is 0.0522. The minimum atomic E-state index is -0.426. The van der Waals surface area contributed by atoms with Gasteiger partial charge in [0.1, 0.15) is 12.2 Å². The van der Waals surface area contributed by atoms with E-state index < -0.39 is 6.04 Å². The highest BCUT2D eigenvalue weighted by Gasteiger charge is 2.36. The molecule has 0 radical (unpaired) electrons. The van der Waals surface area contributed by atoms with E-state index in [0.717, 1.165) is 29.5 Å². The summed E-state index contributed by atoms with van der Waals surface area (Å²) in [7, 11) is 0. The fourth-order valence-corrected chi connectivity index (χ4v) is 3.99. The van der Waals surface area contributed by atoms with Crippen LogP contribution in [0, 0.1) is 6.92 Å². The van der Waals surface area contributed by atoms with Crippen molar-refractivity contribution in [2.24, 2.45) is 0 Å². The molecule has 2 fully saturated rings. The second kappa shape index (κ2) is 8.77. The number of nitrogens with one attached hydrogen (secondary N) is 4. The van der Waals surface area contributed by atoms with Crippen LogP contribution in [0.15, 0.2) is 42.5 Å². The SMILES string of the molecule is Cc1ccc(Cl)cc1N1CCN(C(=O)C2NNNC2Nc2ccc(Cl)cc2)CC1. The van der Waals surface area contributed by atoms with Crippen molar-refractivity contribution >= 4 is 40.5 Å². The molecule has 2 saturated heterocycles. The first kappa shape index (κ1) is 20.3. The maximum Gasteiger partial charge on any atom is 0.244 e. The zero-order chi connectivity index (χ0) is 20.4. The third-order valence-corrected chi connectivity index (χ3v) is 5.81. The van der Waals surface area contributed by atoms with Crippen molar-refractivity contribution in [3.63, 3.8) is 0 Å². The summed E-state index contributed by atoms with van der Waals surface area (Å²) >= 11 is 12.1. The lowest BCUT2D eigenvalue weighted by molar-refractivity contribution is -0.133. The standard InChI is InChI=1S/C20H24Cl2N6O/c1-13-2-3-15(22)12-17(13)27-8-10-28(11-9-27)20(29)18-19(25-26-24-18)23-16-6-4-14(21)5-7-16/h2-7,12,18-19,23-26H,8-11H2,1H3. The Balaban J connectivity index is 1.37. The molecule has 2 aromatic carbocycles. The van der Waals surface area contributed by atoms with E-state index in [-0.39, 0.29) is 12.1 Å². The first-order valence-electron chi connectivity index (χ1n) is 9.59. The molecule has 2 atom stereocenters. The summed E-state index contributed by atoms with van der Waals surface area (Å²) < 4.78 is 0. The lowest BCUT2D eigenvalue weighted by atomic mass is 10.1. The van der Waals surface area contributed by atoms with Crippen molar-refractivity contribution in [3.8, 4) is 0 Å². The zero-order valence-electron chi connectivity index (χ0n) is 16.1. The number of carbonyl (C=O) groups is 1. The molecule has 0 aliphatic carbocycles. The number of piperazine rings is 1. The molecule has 7 nitrogen and oxygen atoms in total. The van der Waals surface area contributed by atoms with E-state index in [9.17, 15) is 4.79 Å². The molecule has 0 saturated carbocycles. The van der Waals surface area contributed by atoms with Crippen LogP contribution in [-0.2, 0) is 4.79 Å². The Morgan fingerprint density at radius 3 is 2.41 bits per heavy atom. The van der Waals surface area contributed by atoms with Crippen LogP contribution in [0.4, 0.5) is 11.4 Å². The Bertz CT molecular complexity index is 870. The number of hydrogen-bond acceptors (Lipinski definition) is 6. The molecule has 1 amide bonds. The molecule has 2 heterocycles. The molecule has 0 aromatic heterocycles. The number of rotatable bonds is 4. The van der Waals surface area contributed by atoms with Crippen LogP contribution in [0.5, 0.6) is 0 Å². The van der Waals surface area contributed by atoms with Crippen LogP contribution in [-0.4, -0.2) is 49.2 Å². The van der Waals surface area contributed by atoms with Crippen LogP contribution < -0.4 is 26.6 Å². The topological polar surface area (TPSA) is 71.7 Å². The van der Waals surface area contributed by atoms with E-state index in [1.165, 1.54) is 5.56 Å². The van der Waals surface area contributed by atoms with Gasteiger partial charge in [0.05, 0.1) is 0 Å². The quantitative estimate of drug-likeness (QED) is 0.591. The predicted octanol–water partition coefficient (Wildman–Crippen LogP) is 2.37. The Hall–Kier alpha value is -2.03. The van der Waals surface area contributed by atoms with E-state index in [2.05, 4.69) is 33.5 Å². The molecule has 2 unspecified atom stereocenters. The van der Waals surface area contributed by atoms with Crippen LogP contribution >= 0.6 is 23.2 Å². The summed E-state index contributed by atoms with van der Waals surface area (Å²) in [6, 6.07) is 12.9. The third kappa shape index (κ3) is 4.60. The second-order valence-corrected chi connectivity index (χ2v) is 8.14. The number of amides is 1. The average molecular weight is 435 g/mol. The van der Waals surface area contributed by atoms with Gasteiger partial charge in [0.25, 0.3) is 0 Å². The van der Waals surface area contributed by atoms with E-state index in [1.54, 1.807) is 0 Å². The molecule has 4 N–H and O–H groups in total. The molecule has 4 rings (SSSR count). The number of anilines is 2. The maximum absolute atomic E-state index is 13.1. The Morgan fingerprint density at radius 2 is 1.69 bits per heavy atom. The van der Waals surface area contributed by atoms with Crippen molar-refractivity contribution < 1.29 is 4.79 Å². The van der Waals surface area contributed by atoms with Crippen molar-refractivity contribution in [2.45, 2.75) is 19.1 Å². The minimum absolute atomic E-state index is 0.0522. The fraction of sp³-hybridized carbons (Fsp3) is 0.350. The van der Waals surface area contributed by atoms with Crippen molar-refractivity contribution in [1.29, 1.82) is 0 Å². The monoisotopic (exact) mass is 434 g/mol. The van der Waals surface area contributed by atoms with Gasteiger partial charge in [0.15, 0.2) is 0 Å². The van der Waals surface area contributed by atoms with Gasteiger partial charge < -0.3 is 15.1 Å². The van der Waals surface area contributed by atoms with Gasteiger partial charge in [0, 0.05) is 47.6 Å². The number of benzene rings is 2. The van der Waals surface area contributed by atoms with Gasteiger partial charge in [-0.25, -0.2) is 10.9 Å². The molecule has 2 aliphatic heterocycles. The van der Waals surface area contributed by atoms with E-state index in [1.807, 2.05) is 47.4 Å². The summed E-state index contributed by atoms with van der Waals surface area (Å²) in [5.41, 5.74) is 12.2. The van der Waals surface area contributed by atoms with Gasteiger partial charge in [-0.05, 0) is 48.9 Å². The predicted molar refractivity (Wildman–Crippen MR) is 117 cm³/mol. The van der Waals surface area contributed by atoms with Crippen molar-refractivity contribution in [3.05, 3.63) is 58.1 Å². The summed E-state index contributed by atoms with van der Waals surface area (Å²) in [4.78, 5) is 17.3. The van der Waals surface area contributed by atoms with Crippen LogP contribution in [0.3, 0.4) is 0 Å². The number of halogens is 2. The van der Waals surface area contributed by atoms with E-state index >= 15 is 0 Å². The molecule has 0 spiro atoms. The average Bonchev–Trinajstić information content (AvgIpc) is 3.19. The normalized spacial score (nSPS) is 22.0. The Kier molecular flexibility index (Phi) is 6.12. The highest BCUT2D eigenvalue weighted by atomic mass is 35.5. The molecule has 0 bridgehead atoms. The smallest absolute Gasteiger partial charge is 0.244 e. The molecule has 9 heteroatoms. The minimum Gasteiger partial charge on any atom is -0.368 e. The van der Waals surface area contributed by atoms with Gasteiger partial charge in [-0.1, -0.05) is 29.3 Å². The number of aryl methyl sites for hydroxylation is 1. The number of carbonyl (C=O) groups excluding carboxylic acids is 1. The van der Waals surface area contributed by atoms with Gasteiger partial charge in [-0.3, -0.25) is 4.79 Å². The van der Waals surface area contributed by atoms with Crippen molar-refractivity contribution in [1.82, 2.24) is 21.3 Å². The maximum atomic E-state index is 13.1. The highest BCUT2D eigenvalue weighted by molar-refractivity contribution is 6.31. The zero-order valence-corrected chi connectivity index (χ0v) is 17.6. The largest absolute Gasteiger partial charge is 0.368 e.